The molecule has 162 valence electrons. The van der Waals surface area contributed by atoms with E-state index in [1.54, 1.807) is 32.6 Å². The first-order chi connectivity index (χ1) is 11.9. The topological polar surface area (TPSA) is 0 Å². The van der Waals surface area contributed by atoms with Crippen molar-refractivity contribution in [2.45, 2.75) is 87.0 Å². The summed E-state index contributed by atoms with van der Waals surface area (Å²) in [6, 6.07) is 4.92. The summed E-state index contributed by atoms with van der Waals surface area (Å²) in [6.07, 6.45) is 7.82. The van der Waals surface area contributed by atoms with Crippen molar-refractivity contribution in [2.24, 2.45) is 0 Å². The molecule has 2 aromatic rings. The summed E-state index contributed by atoms with van der Waals surface area (Å²) in [5.41, 5.74) is 11.0. The Morgan fingerprint density at radius 3 is 1.76 bits per heavy atom. The van der Waals surface area contributed by atoms with Crippen molar-refractivity contribution in [3.8, 4) is 0 Å². The fourth-order valence-electron chi connectivity index (χ4n) is 4.18. The maximum atomic E-state index is 2.47. The van der Waals surface area contributed by atoms with Crippen LogP contribution in [0.25, 0.3) is 0 Å². The Morgan fingerprint density at radius 2 is 1.28 bits per heavy atom. The second-order valence-electron chi connectivity index (χ2n) is 7.85. The quantitative estimate of drug-likeness (QED) is 0.193. The monoisotopic (exact) mass is 506 g/mol. The van der Waals surface area contributed by atoms with Crippen LogP contribution >= 0.6 is 0 Å². The molecule has 0 nitrogen and oxygen atoms in total. The van der Waals surface area contributed by atoms with Gasteiger partial charge in [0.05, 0.1) is 0 Å². The summed E-state index contributed by atoms with van der Waals surface area (Å²) in [6.45, 7) is 16.2. The Balaban J connectivity index is -0.00000169. The SMILES string of the molecule is CCCCC[c-]1ccc([SiH2]c2c(C)c(C)c(C)c(C)c2C)c1CCC.[Cl-].[Cl-].[Cl-].[Ti+4]. The van der Waals surface area contributed by atoms with Gasteiger partial charge in [0.15, 0.2) is 0 Å². The van der Waals surface area contributed by atoms with Crippen molar-refractivity contribution >= 4 is 19.9 Å². The van der Waals surface area contributed by atoms with Crippen LogP contribution in [-0.2, 0) is 34.6 Å². The molecule has 0 bridgehead atoms. The number of rotatable bonds is 8. The predicted octanol–water partition coefficient (Wildman–Crippen LogP) is -4.24. The van der Waals surface area contributed by atoms with Crippen LogP contribution in [0.5, 0.6) is 0 Å². The molecule has 0 spiro atoms. The molecule has 2 rings (SSSR count). The van der Waals surface area contributed by atoms with Gasteiger partial charge in [0.1, 0.15) is 0 Å². The minimum Gasteiger partial charge on any atom is -1.00 e. The van der Waals surface area contributed by atoms with E-state index >= 15 is 0 Å². The molecule has 0 radical (unpaired) electrons. The fraction of sp³-hybridized carbons (Fsp3) is 0.542. The van der Waals surface area contributed by atoms with E-state index in [9.17, 15) is 0 Å². The molecule has 0 aromatic heterocycles. The Labute approximate surface area is 215 Å². The van der Waals surface area contributed by atoms with Crippen LogP contribution in [0.15, 0.2) is 12.1 Å². The van der Waals surface area contributed by atoms with E-state index < -0.39 is 9.52 Å². The van der Waals surface area contributed by atoms with E-state index in [1.165, 1.54) is 55.2 Å². The minimum absolute atomic E-state index is 0. The molecule has 0 unspecified atom stereocenters. The largest absolute Gasteiger partial charge is 4.00 e. The molecule has 0 aliphatic rings. The smallest absolute Gasteiger partial charge is 1.00 e. The van der Waals surface area contributed by atoms with Gasteiger partial charge >= 0.3 is 21.7 Å². The molecular weight excluding hydrogens is 471 g/mol. The van der Waals surface area contributed by atoms with Crippen LogP contribution in [0.3, 0.4) is 0 Å². The third-order valence-electron chi connectivity index (χ3n) is 6.33. The van der Waals surface area contributed by atoms with Gasteiger partial charge in [-0.2, -0.15) is 22.4 Å². The van der Waals surface area contributed by atoms with Gasteiger partial charge in [0.25, 0.3) is 0 Å². The zero-order valence-corrected chi connectivity index (χ0v) is 24.5. The Kier molecular flexibility index (Phi) is 18.8. The summed E-state index contributed by atoms with van der Waals surface area (Å²) in [5, 5.41) is 3.41. The van der Waals surface area contributed by atoms with E-state index in [1.807, 2.05) is 0 Å². The Bertz CT molecular complexity index is 709. The molecule has 29 heavy (non-hydrogen) atoms. The number of halogens is 3. The number of hydrogen-bond donors (Lipinski definition) is 0. The first-order valence-corrected chi connectivity index (χ1v) is 11.7. The van der Waals surface area contributed by atoms with Crippen LogP contribution < -0.4 is 47.6 Å². The van der Waals surface area contributed by atoms with Crippen LogP contribution in [0.4, 0.5) is 0 Å². The van der Waals surface area contributed by atoms with Crippen molar-refractivity contribution in [1.82, 2.24) is 0 Å². The van der Waals surface area contributed by atoms with Crippen LogP contribution in [0.1, 0.15) is 78.5 Å². The second kappa shape index (κ2) is 16.1. The fourth-order valence-corrected chi connectivity index (χ4v) is 6.47. The van der Waals surface area contributed by atoms with Gasteiger partial charge in [0, 0.05) is 9.52 Å². The molecule has 2 aromatic carbocycles. The summed E-state index contributed by atoms with van der Waals surface area (Å²) in [4.78, 5) is 0. The standard InChI is InChI=1S/C24H37Si.3ClH.Ti/c1-8-10-11-13-21-14-15-23(22(21)12-9-2)25-24-19(6)17(4)16(3)18(5)20(24)7;;;;/h14-15H,8-13,25H2,1-7H3;3*1H;/q-1;;;;+4/p-3. The van der Waals surface area contributed by atoms with E-state index in [2.05, 4.69) is 60.6 Å². The average Bonchev–Trinajstić information content (AvgIpc) is 2.98. The van der Waals surface area contributed by atoms with Gasteiger partial charge in [-0.1, -0.05) is 57.6 Å². The summed E-state index contributed by atoms with van der Waals surface area (Å²) < 4.78 is 0. The van der Waals surface area contributed by atoms with Crippen LogP contribution in [0, 0.1) is 34.6 Å². The molecule has 0 fully saturated rings. The van der Waals surface area contributed by atoms with Crippen LogP contribution in [-0.4, -0.2) is 9.52 Å². The number of benzene rings is 1. The zero-order chi connectivity index (χ0) is 18.6. The van der Waals surface area contributed by atoms with Crippen LogP contribution in [0.2, 0.25) is 0 Å². The normalized spacial score (nSPS) is 10.2. The summed E-state index contributed by atoms with van der Waals surface area (Å²) in [7, 11) is -0.408. The second-order valence-corrected chi connectivity index (χ2v) is 9.67. The summed E-state index contributed by atoms with van der Waals surface area (Å²) in [5.74, 6) is 0. The molecule has 0 aliphatic heterocycles. The third kappa shape index (κ3) is 8.09. The first-order valence-electron chi connectivity index (χ1n) is 10.2. The maximum absolute atomic E-state index is 2.47. The molecule has 0 N–H and O–H groups in total. The molecule has 0 saturated heterocycles. The predicted molar refractivity (Wildman–Crippen MR) is 117 cm³/mol. The molecule has 0 amide bonds. The third-order valence-corrected chi connectivity index (χ3v) is 8.79. The van der Waals surface area contributed by atoms with Gasteiger partial charge in [-0.05, 0) is 62.4 Å². The van der Waals surface area contributed by atoms with E-state index in [-0.39, 0.29) is 58.9 Å². The molecule has 0 saturated carbocycles. The number of aryl methyl sites for hydroxylation is 1. The van der Waals surface area contributed by atoms with Gasteiger partial charge in [-0.3, -0.25) is 0 Å². The summed E-state index contributed by atoms with van der Waals surface area (Å²) >= 11 is 0. The van der Waals surface area contributed by atoms with Crippen molar-refractivity contribution in [1.29, 1.82) is 0 Å². The number of hydrogen-bond acceptors (Lipinski definition) is 0. The molecule has 5 heteroatoms. The first kappa shape index (κ1) is 34.0. The Hall–Kier alpha value is 0.371. The molecule has 0 heterocycles. The van der Waals surface area contributed by atoms with E-state index in [0.717, 1.165) is 0 Å². The van der Waals surface area contributed by atoms with Gasteiger partial charge in [0.2, 0.25) is 0 Å². The zero-order valence-electron chi connectivity index (χ0n) is 19.2. The molecular formula is C24H37Cl3SiTi. The average molecular weight is 508 g/mol. The van der Waals surface area contributed by atoms with Crippen molar-refractivity contribution in [3.05, 3.63) is 51.1 Å². The van der Waals surface area contributed by atoms with Gasteiger partial charge in [-0.15, -0.1) is 0 Å². The van der Waals surface area contributed by atoms with Crippen molar-refractivity contribution in [3.63, 3.8) is 0 Å². The number of unbranched alkanes of at least 4 members (excludes halogenated alkanes) is 2. The molecule has 0 aliphatic carbocycles. The van der Waals surface area contributed by atoms with Crippen molar-refractivity contribution < 1.29 is 58.9 Å². The van der Waals surface area contributed by atoms with E-state index in [4.69, 9.17) is 0 Å². The van der Waals surface area contributed by atoms with Gasteiger partial charge in [-0.25, -0.2) is 6.07 Å². The molecule has 0 atom stereocenters. The Morgan fingerprint density at radius 1 is 0.759 bits per heavy atom. The van der Waals surface area contributed by atoms with Crippen molar-refractivity contribution in [2.75, 3.05) is 0 Å². The van der Waals surface area contributed by atoms with Gasteiger partial charge < -0.3 is 37.2 Å². The minimum atomic E-state index is -0.408. The maximum Gasteiger partial charge on any atom is 4.00 e. The van der Waals surface area contributed by atoms with E-state index in [0.29, 0.717) is 0 Å².